The minimum absolute atomic E-state index is 0.0147. The van der Waals surface area contributed by atoms with E-state index in [2.05, 4.69) is 15.5 Å². The van der Waals surface area contributed by atoms with Crippen LogP contribution >= 0.6 is 0 Å². The van der Waals surface area contributed by atoms with Crippen molar-refractivity contribution in [2.45, 2.75) is 20.3 Å². The van der Waals surface area contributed by atoms with Gasteiger partial charge in [0.15, 0.2) is 0 Å². The number of aromatic nitrogens is 2. The molecule has 1 aromatic heterocycles. The van der Waals surface area contributed by atoms with Gasteiger partial charge in [-0.05, 0) is 54.4 Å². The highest BCUT2D eigenvalue weighted by molar-refractivity contribution is 5.91. The van der Waals surface area contributed by atoms with Gasteiger partial charge in [0.2, 0.25) is 11.7 Å². The maximum absolute atomic E-state index is 13.0. The van der Waals surface area contributed by atoms with Gasteiger partial charge in [-0.15, -0.1) is 0 Å². The van der Waals surface area contributed by atoms with Crippen LogP contribution in [0.2, 0.25) is 0 Å². The summed E-state index contributed by atoms with van der Waals surface area (Å²) in [6, 6.07) is 13.1. The van der Waals surface area contributed by atoms with Crippen LogP contribution in [0.5, 0.6) is 0 Å². The van der Waals surface area contributed by atoms with Gasteiger partial charge in [0.05, 0.1) is 0 Å². The Morgan fingerprint density at radius 3 is 2.36 bits per heavy atom. The number of benzene rings is 2. The van der Waals surface area contributed by atoms with Gasteiger partial charge < -0.3 is 9.84 Å². The van der Waals surface area contributed by atoms with E-state index >= 15 is 0 Å². The van der Waals surface area contributed by atoms with Gasteiger partial charge in [-0.3, -0.25) is 4.79 Å². The van der Waals surface area contributed by atoms with Crippen LogP contribution in [0.1, 0.15) is 20.3 Å². The van der Waals surface area contributed by atoms with Gasteiger partial charge in [0.1, 0.15) is 5.82 Å². The summed E-state index contributed by atoms with van der Waals surface area (Å²) in [6.07, 6.45) is 0.479. The standard InChI is InChI=1S/C19H18FN3O2/c1-12(2)11-17(24)21-16-9-5-14(6-10-16)19-22-18(23-25-19)13-3-7-15(20)8-4-13/h3-10,12H,11H2,1-2H3,(H,21,24). The second-order valence-electron chi connectivity index (χ2n) is 6.15. The first kappa shape index (κ1) is 16.8. The van der Waals surface area contributed by atoms with E-state index in [-0.39, 0.29) is 11.7 Å². The van der Waals surface area contributed by atoms with Crippen molar-refractivity contribution in [2.75, 3.05) is 5.32 Å². The van der Waals surface area contributed by atoms with Crippen molar-refractivity contribution in [1.29, 1.82) is 0 Å². The van der Waals surface area contributed by atoms with Gasteiger partial charge in [-0.1, -0.05) is 19.0 Å². The Hall–Kier alpha value is -3.02. The highest BCUT2D eigenvalue weighted by atomic mass is 19.1. The van der Waals surface area contributed by atoms with E-state index in [1.54, 1.807) is 36.4 Å². The zero-order chi connectivity index (χ0) is 17.8. The maximum atomic E-state index is 13.0. The molecular weight excluding hydrogens is 321 g/mol. The Kier molecular flexibility index (Phi) is 4.88. The minimum Gasteiger partial charge on any atom is -0.334 e. The summed E-state index contributed by atoms with van der Waals surface area (Å²) in [7, 11) is 0. The van der Waals surface area contributed by atoms with Crippen molar-refractivity contribution in [1.82, 2.24) is 10.1 Å². The third-order valence-electron chi connectivity index (χ3n) is 3.54. The van der Waals surface area contributed by atoms with Crippen LogP contribution in [0, 0.1) is 11.7 Å². The Balaban J connectivity index is 1.72. The fraction of sp³-hybridized carbons (Fsp3) is 0.211. The smallest absolute Gasteiger partial charge is 0.258 e. The number of hydrogen-bond donors (Lipinski definition) is 1. The Bertz CT molecular complexity index is 855. The molecule has 1 heterocycles. The van der Waals surface area contributed by atoms with Crippen LogP contribution < -0.4 is 5.32 Å². The number of carbonyl (C=O) groups is 1. The SMILES string of the molecule is CC(C)CC(=O)Nc1ccc(-c2nc(-c3ccc(F)cc3)no2)cc1. The zero-order valence-electron chi connectivity index (χ0n) is 14.0. The van der Waals surface area contributed by atoms with E-state index in [4.69, 9.17) is 4.52 Å². The molecule has 0 aliphatic carbocycles. The first-order valence-corrected chi connectivity index (χ1v) is 8.01. The van der Waals surface area contributed by atoms with Crippen molar-refractivity contribution in [3.05, 3.63) is 54.3 Å². The third-order valence-corrected chi connectivity index (χ3v) is 3.54. The predicted octanol–water partition coefficient (Wildman–Crippen LogP) is 4.53. The maximum Gasteiger partial charge on any atom is 0.258 e. The molecule has 3 rings (SSSR count). The highest BCUT2D eigenvalue weighted by Gasteiger charge is 2.11. The molecule has 0 bridgehead atoms. The minimum atomic E-state index is -0.317. The van der Waals surface area contributed by atoms with Crippen LogP contribution in [0.25, 0.3) is 22.8 Å². The number of rotatable bonds is 5. The number of carbonyl (C=O) groups excluding carboxylic acids is 1. The lowest BCUT2D eigenvalue weighted by Gasteiger charge is -2.07. The number of anilines is 1. The average molecular weight is 339 g/mol. The molecule has 0 radical (unpaired) electrons. The molecule has 5 nitrogen and oxygen atoms in total. The molecule has 0 saturated heterocycles. The average Bonchev–Trinajstić information content (AvgIpc) is 3.05. The molecule has 0 unspecified atom stereocenters. The predicted molar refractivity (Wildman–Crippen MR) is 93.2 cm³/mol. The first-order chi connectivity index (χ1) is 12.0. The Labute approximate surface area is 144 Å². The van der Waals surface area contributed by atoms with Crippen molar-refractivity contribution in [3.8, 4) is 22.8 Å². The van der Waals surface area contributed by atoms with Crippen molar-refractivity contribution >= 4 is 11.6 Å². The third kappa shape index (κ3) is 4.29. The molecule has 0 aliphatic rings. The molecule has 6 heteroatoms. The molecule has 2 aromatic carbocycles. The Morgan fingerprint density at radius 2 is 1.72 bits per heavy atom. The lowest BCUT2D eigenvalue weighted by Crippen LogP contribution is -2.13. The lowest BCUT2D eigenvalue weighted by molar-refractivity contribution is -0.116. The van der Waals surface area contributed by atoms with Crippen molar-refractivity contribution < 1.29 is 13.7 Å². The second-order valence-corrected chi connectivity index (χ2v) is 6.15. The number of nitrogens with zero attached hydrogens (tertiary/aromatic N) is 2. The number of nitrogens with one attached hydrogen (secondary N) is 1. The summed E-state index contributed by atoms with van der Waals surface area (Å²) < 4.78 is 18.2. The monoisotopic (exact) mass is 339 g/mol. The van der Waals surface area contributed by atoms with E-state index in [9.17, 15) is 9.18 Å². The van der Waals surface area contributed by atoms with E-state index in [0.717, 1.165) is 5.56 Å². The summed E-state index contributed by atoms with van der Waals surface area (Å²) in [6.45, 7) is 3.99. The summed E-state index contributed by atoms with van der Waals surface area (Å²) in [5.74, 6) is 0.730. The van der Waals surface area contributed by atoms with Gasteiger partial charge in [0, 0.05) is 23.2 Å². The van der Waals surface area contributed by atoms with Gasteiger partial charge in [0.25, 0.3) is 5.89 Å². The van der Waals surface area contributed by atoms with Gasteiger partial charge in [-0.25, -0.2) is 4.39 Å². The Morgan fingerprint density at radius 1 is 1.08 bits per heavy atom. The topological polar surface area (TPSA) is 68.0 Å². The molecule has 1 amide bonds. The van der Waals surface area contributed by atoms with Crippen molar-refractivity contribution in [2.24, 2.45) is 5.92 Å². The molecule has 0 aliphatic heterocycles. The number of halogens is 1. The number of amides is 1. The van der Waals surface area contributed by atoms with Crippen molar-refractivity contribution in [3.63, 3.8) is 0 Å². The van der Waals surface area contributed by atoms with Crippen LogP contribution in [0.15, 0.2) is 53.1 Å². The zero-order valence-corrected chi connectivity index (χ0v) is 14.0. The van der Waals surface area contributed by atoms with Crippen LogP contribution in [0.3, 0.4) is 0 Å². The molecule has 0 atom stereocenters. The highest BCUT2D eigenvalue weighted by Crippen LogP contribution is 2.23. The molecule has 0 saturated carbocycles. The van der Waals surface area contributed by atoms with Gasteiger partial charge in [-0.2, -0.15) is 4.98 Å². The molecule has 0 spiro atoms. The van der Waals surface area contributed by atoms with Gasteiger partial charge >= 0.3 is 0 Å². The van der Waals surface area contributed by atoms with E-state index in [0.29, 0.717) is 35.3 Å². The fourth-order valence-electron chi connectivity index (χ4n) is 2.34. The molecule has 0 fully saturated rings. The lowest BCUT2D eigenvalue weighted by atomic mass is 10.1. The largest absolute Gasteiger partial charge is 0.334 e. The first-order valence-electron chi connectivity index (χ1n) is 8.01. The number of hydrogen-bond acceptors (Lipinski definition) is 4. The van der Waals surface area contributed by atoms with Crippen LogP contribution in [-0.2, 0) is 4.79 Å². The molecular formula is C19H18FN3O2. The van der Waals surface area contributed by atoms with Crippen LogP contribution in [-0.4, -0.2) is 16.0 Å². The molecule has 3 aromatic rings. The van der Waals surface area contributed by atoms with E-state index in [1.165, 1.54) is 12.1 Å². The molecule has 1 N–H and O–H groups in total. The summed E-state index contributed by atoms with van der Waals surface area (Å²) >= 11 is 0. The van der Waals surface area contributed by atoms with E-state index < -0.39 is 0 Å². The second kappa shape index (κ2) is 7.25. The molecule has 25 heavy (non-hydrogen) atoms. The summed E-state index contributed by atoms with van der Waals surface area (Å²) in [4.78, 5) is 16.1. The summed E-state index contributed by atoms with van der Waals surface area (Å²) in [5.41, 5.74) is 2.13. The summed E-state index contributed by atoms with van der Waals surface area (Å²) in [5, 5.41) is 6.76. The van der Waals surface area contributed by atoms with Crippen LogP contribution in [0.4, 0.5) is 10.1 Å². The van der Waals surface area contributed by atoms with E-state index in [1.807, 2.05) is 13.8 Å². The quantitative estimate of drug-likeness (QED) is 0.742. The fourth-order valence-corrected chi connectivity index (χ4v) is 2.34. The molecule has 128 valence electrons. The normalized spacial score (nSPS) is 10.9.